The van der Waals surface area contributed by atoms with Crippen LogP contribution >= 0.6 is 35.6 Å². The first-order valence-corrected chi connectivity index (χ1v) is 9.41. The molecule has 0 bridgehead atoms. The Morgan fingerprint density at radius 1 is 1.28 bits per heavy atom. The van der Waals surface area contributed by atoms with E-state index in [-0.39, 0.29) is 36.3 Å². The molecule has 3 rings (SSSR count). The number of likely N-dealkylation sites (tertiary alicyclic amines) is 1. The smallest absolute Gasteiger partial charge is 0.226 e. The zero-order chi connectivity index (χ0) is 17.1. The number of benzene rings is 1. The first-order chi connectivity index (χ1) is 11.6. The molecule has 2 N–H and O–H groups in total. The van der Waals surface area contributed by atoms with Gasteiger partial charge in [0.05, 0.1) is 16.1 Å². The SMILES string of the molecule is Cl.NCCCOC1CCN(C(=O)C2CC2c2cccc(Cl)c2Cl)CC1. The molecule has 0 spiro atoms. The molecule has 25 heavy (non-hydrogen) atoms. The Hall–Kier alpha value is -0.520. The average molecular weight is 408 g/mol. The lowest BCUT2D eigenvalue weighted by Gasteiger charge is -2.32. The molecule has 4 nitrogen and oxygen atoms in total. The van der Waals surface area contributed by atoms with Crippen LogP contribution in [-0.4, -0.2) is 43.2 Å². The maximum atomic E-state index is 12.7. The molecule has 2 fully saturated rings. The van der Waals surface area contributed by atoms with Gasteiger partial charge in [0, 0.05) is 25.6 Å². The number of amides is 1. The molecule has 0 aromatic heterocycles. The summed E-state index contributed by atoms with van der Waals surface area (Å²) in [4.78, 5) is 14.7. The summed E-state index contributed by atoms with van der Waals surface area (Å²) in [6.45, 7) is 2.93. The molecule has 1 aliphatic carbocycles. The van der Waals surface area contributed by atoms with Crippen LogP contribution in [0.5, 0.6) is 0 Å². The molecule has 1 saturated carbocycles. The lowest BCUT2D eigenvalue weighted by molar-refractivity contribution is -0.135. The number of nitrogens with zero attached hydrogens (tertiary/aromatic N) is 1. The number of ether oxygens (including phenoxy) is 1. The highest BCUT2D eigenvalue weighted by atomic mass is 35.5. The van der Waals surface area contributed by atoms with Crippen LogP contribution in [0.3, 0.4) is 0 Å². The molecule has 1 aromatic rings. The Morgan fingerprint density at radius 3 is 2.68 bits per heavy atom. The Morgan fingerprint density at radius 2 is 2.00 bits per heavy atom. The maximum absolute atomic E-state index is 12.7. The first-order valence-electron chi connectivity index (χ1n) is 8.66. The van der Waals surface area contributed by atoms with E-state index in [0.29, 0.717) is 23.2 Å². The summed E-state index contributed by atoms with van der Waals surface area (Å²) < 4.78 is 5.80. The highest BCUT2D eigenvalue weighted by Crippen LogP contribution is 2.51. The fraction of sp³-hybridized carbons (Fsp3) is 0.611. The maximum Gasteiger partial charge on any atom is 0.226 e. The predicted octanol–water partition coefficient (Wildman–Crippen LogP) is 3.88. The Labute approximate surface area is 165 Å². The van der Waals surface area contributed by atoms with Crippen molar-refractivity contribution in [2.24, 2.45) is 11.7 Å². The average Bonchev–Trinajstić information content (AvgIpc) is 3.38. The molecule has 1 aliphatic heterocycles. The lowest BCUT2D eigenvalue weighted by Crippen LogP contribution is -2.42. The van der Waals surface area contributed by atoms with Gasteiger partial charge in [-0.3, -0.25) is 4.79 Å². The summed E-state index contributed by atoms with van der Waals surface area (Å²) in [5.41, 5.74) is 6.48. The number of carbonyl (C=O) groups excluding carboxylic acids is 1. The molecular weight excluding hydrogens is 383 g/mol. The van der Waals surface area contributed by atoms with Gasteiger partial charge in [0.2, 0.25) is 5.91 Å². The number of halogens is 3. The summed E-state index contributed by atoms with van der Waals surface area (Å²) in [6, 6.07) is 5.65. The van der Waals surface area contributed by atoms with Crippen molar-refractivity contribution >= 4 is 41.5 Å². The summed E-state index contributed by atoms with van der Waals surface area (Å²) >= 11 is 12.4. The molecule has 1 heterocycles. The van der Waals surface area contributed by atoms with Crippen LogP contribution in [0.25, 0.3) is 0 Å². The molecule has 2 unspecified atom stereocenters. The Bertz CT molecular complexity index is 592. The topological polar surface area (TPSA) is 55.6 Å². The molecular formula is C18H25Cl3N2O2. The second-order valence-electron chi connectivity index (χ2n) is 6.63. The van der Waals surface area contributed by atoms with Crippen molar-refractivity contribution in [3.05, 3.63) is 33.8 Å². The van der Waals surface area contributed by atoms with E-state index in [1.807, 2.05) is 17.0 Å². The van der Waals surface area contributed by atoms with E-state index in [1.165, 1.54) is 0 Å². The van der Waals surface area contributed by atoms with Crippen LogP contribution in [0.4, 0.5) is 0 Å². The van der Waals surface area contributed by atoms with Gasteiger partial charge in [-0.2, -0.15) is 0 Å². The van der Waals surface area contributed by atoms with Crippen LogP contribution in [0, 0.1) is 5.92 Å². The van der Waals surface area contributed by atoms with E-state index in [9.17, 15) is 4.79 Å². The van der Waals surface area contributed by atoms with Crippen LogP contribution < -0.4 is 5.73 Å². The molecule has 2 atom stereocenters. The van der Waals surface area contributed by atoms with Gasteiger partial charge < -0.3 is 15.4 Å². The summed E-state index contributed by atoms with van der Waals surface area (Å²) in [7, 11) is 0. The van der Waals surface area contributed by atoms with Gasteiger partial charge in [0.25, 0.3) is 0 Å². The summed E-state index contributed by atoms with van der Waals surface area (Å²) in [6.07, 6.45) is 3.84. The highest BCUT2D eigenvalue weighted by molar-refractivity contribution is 6.42. The minimum Gasteiger partial charge on any atom is -0.378 e. The first kappa shape index (κ1) is 20.8. The Kier molecular flexibility index (Phi) is 7.84. The van der Waals surface area contributed by atoms with Crippen molar-refractivity contribution in [1.82, 2.24) is 4.90 Å². The third-order valence-electron chi connectivity index (χ3n) is 4.94. The van der Waals surface area contributed by atoms with Crippen LogP contribution in [0.15, 0.2) is 18.2 Å². The molecule has 1 aromatic carbocycles. The molecule has 140 valence electrons. The van der Waals surface area contributed by atoms with Crippen molar-refractivity contribution in [2.75, 3.05) is 26.2 Å². The van der Waals surface area contributed by atoms with Crippen molar-refractivity contribution < 1.29 is 9.53 Å². The van der Waals surface area contributed by atoms with E-state index >= 15 is 0 Å². The minimum atomic E-state index is 0. The third-order valence-corrected chi connectivity index (χ3v) is 5.78. The minimum absolute atomic E-state index is 0. The third kappa shape index (κ3) is 5.01. The number of carbonyl (C=O) groups is 1. The quantitative estimate of drug-likeness (QED) is 0.728. The molecule has 2 aliphatic rings. The van der Waals surface area contributed by atoms with Crippen molar-refractivity contribution in [2.45, 2.75) is 37.7 Å². The van der Waals surface area contributed by atoms with Crippen molar-refractivity contribution in [1.29, 1.82) is 0 Å². The van der Waals surface area contributed by atoms with Gasteiger partial charge in [-0.25, -0.2) is 0 Å². The fourth-order valence-electron chi connectivity index (χ4n) is 3.43. The number of rotatable bonds is 6. The van der Waals surface area contributed by atoms with E-state index in [4.69, 9.17) is 33.7 Å². The highest BCUT2D eigenvalue weighted by Gasteiger charge is 2.47. The van der Waals surface area contributed by atoms with Gasteiger partial charge in [-0.05, 0) is 49.8 Å². The fourth-order valence-corrected chi connectivity index (χ4v) is 3.88. The standard InChI is InChI=1S/C18H24Cl2N2O2.ClH/c19-16-4-1-3-13(17(16)20)14-11-15(14)18(23)22-8-5-12(6-9-22)24-10-2-7-21;/h1,3-4,12,14-15H,2,5-11,21H2;1H. The molecule has 7 heteroatoms. The number of hydrogen-bond acceptors (Lipinski definition) is 3. The number of piperidine rings is 1. The van der Waals surface area contributed by atoms with Gasteiger partial charge in [0.1, 0.15) is 0 Å². The molecule has 0 radical (unpaired) electrons. The van der Waals surface area contributed by atoms with Crippen molar-refractivity contribution in [3.63, 3.8) is 0 Å². The van der Waals surface area contributed by atoms with E-state index < -0.39 is 0 Å². The number of nitrogens with two attached hydrogens (primary N) is 1. The largest absolute Gasteiger partial charge is 0.378 e. The van der Waals surface area contributed by atoms with Crippen LogP contribution in [0.1, 0.15) is 37.2 Å². The van der Waals surface area contributed by atoms with Crippen molar-refractivity contribution in [3.8, 4) is 0 Å². The van der Waals surface area contributed by atoms with Gasteiger partial charge in [0.15, 0.2) is 0 Å². The monoisotopic (exact) mass is 406 g/mol. The van der Waals surface area contributed by atoms with E-state index in [1.54, 1.807) is 6.07 Å². The van der Waals surface area contributed by atoms with Gasteiger partial charge in [-0.15, -0.1) is 12.4 Å². The second-order valence-corrected chi connectivity index (χ2v) is 7.41. The normalized spacial score (nSPS) is 23.2. The van der Waals surface area contributed by atoms with Gasteiger partial charge >= 0.3 is 0 Å². The summed E-state index contributed by atoms with van der Waals surface area (Å²) in [5, 5.41) is 1.15. The Balaban J connectivity index is 0.00000225. The van der Waals surface area contributed by atoms with Crippen LogP contribution in [0.2, 0.25) is 10.0 Å². The lowest BCUT2D eigenvalue weighted by atomic mass is 10.1. The second kappa shape index (κ2) is 9.43. The predicted molar refractivity (Wildman–Crippen MR) is 104 cm³/mol. The number of hydrogen-bond donors (Lipinski definition) is 1. The summed E-state index contributed by atoms with van der Waals surface area (Å²) in [5.74, 6) is 0.509. The molecule has 1 amide bonds. The molecule has 1 saturated heterocycles. The van der Waals surface area contributed by atoms with E-state index in [2.05, 4.69) is 0 Å². The zero-order valence-corrected chi connectivity index (χ0v) is 16.5. The van der Waals surface area contributed by atoms with Crippen LogP contribution in [-0.2, 0) is 9.53 Å². The van der Waals surface area contributed by atoms with E-state index in [0.717, 1.165) is 44.3 Å². The zero-order valence-electron chi connectivity index (χ0n) is 14.1. The van der Waals surface area contributed by atoms with Gasteiger partial charge in [-0.1, -0.05) is 35.3 Å².